The molecule has 1 aliphatic rings. The van der Waals surface area contributed by atoms with E-state index in [1.165, 1.54) is 0 Å². The van der Waals surface area contributed by atoms with Crippen LogP contribution >= 0.6 is 0 Å². The number of allylic oxidation sites excluding steroid dienone is 2. The van der Waals surface area contributed by atoms with E-state index in [4.69, 9.17) is 4.18 Å². The first-order valence-corrected chi connectivity index (χ1v) is 5.84. The second-order valence-corrected chi connectivity index (χ2v) is 4.69. The van der Waals surface area contributed by atoms with Crippen LogP contribution in [0.4, 0.5) is 0 Å². The highest BCUT2D eigenvalue weighted by atomic mass is 32.2. The van der Waals surface area contributed by atoms with Gasteiger partial charge in [-0.1, -0.05) is 0 Å². The summed E-state index contributed by atoms with van der Waals surface area (Å²) in [7, 11) is -3.49. The average Bonchev–Trinajstić information content (AvgIpc) is 1.96. The van der Waals surface area contributed by atoms with Crippen molar-refractivity contribution in [3.63, 3.8) is 0 Å². The summed E-state index contributed by atoms with van der Waals surface area (Å²) in [6.45, 7) is 1.60. The highest BCUT2D eigenvalue weighted by Gasteiger charge is 2.20. The molecule has 0 aromatic heterocycles. The van der Waals surface area contributed by atoms with Gasteiger partial charge in [-0.25, -0.2) is 0 Å². The Kier molecular flexibility index (Phi) is 2.75. The second-order valence-electron chi connectivity index (χ2n) is 3.11. The summed E-state index contributed by atoms with van der Waals surface area (Å²) in [5.41, 5.74) is 0.441. The molecule has 4 nitrogen and oxygen atoms in total. The number of ketones is 1. The largest absolute Gasteiger partial charge is 0.387 e. The Morgan fingerprint density at radius 3 is 2.46 bits per heavy atom. The summed E-state index contributed by atoms with van der Waals surface area (Å²) in [6, 6.07) is 0. The van der Waals surface area contributed by atoms with Crippen molar-refractivity contribution in [1.82, 2.24) is 0 Å². The topological polar surface area (TPSA) is 60.4 Å². The minimum atomic E-state index is -3.49. The Morgan fingerprint density at radius 2 is 1.92 bits per heavy atom. The molecule has 74 valence electrons. The molecular weight excluding hydrogens is 192 g/mol. The van der Waals surface area contributed by atoms with Crippen LogP contribution in [0.15, 0.2) is 11.3 Å². The van der Waals surface area contributed by atoms with Crippen LogP contribution in [-0.2, 0) is 19.1 Å². The molecule has 1 aliphatic carbocycles. The summed E-state index contributed by atoms with van der Waals surface area (Å²) in [4.78, 5) is 11.2. The van der Waals surface area contributed by atoms with Gasteiger partial charge in [-0.05, 0) is 13.3 Å². The lowest BCUT2D eigenvalue weighted by Crippen LogP contribution is -2.13. The van der Waals surface area contributed by atoms with Gasteiger partial charge in [0, 0.05) is 18.4 Å². The predicted molar refractivity (Wildman–Crippen MR) is 47.5 cm³/mol. The minimum Gasteiger partial charge on any atom is -0.387 e. The van der Waals surface area contributed by atoms with Crippen molar-refractivity contribution in [3.8, 4) is 0 Å². The van der Waals surface area contributed by atoms with Gasteiger partial charge in [0.25, 0.3) is 0 Å². The fraction of sp³-hybridized carbons (Fsp3) is 0.625. The molecule has 0 saturated heterocycles. The number of carbonyl (C=O) groups excluding carboxylic acids is 1. The van der Waals surface area contributed by atoms with Crippen molar-refractivity contribution in [2.75, 3.05) is 6.26 Å². The molecular formula is C8H12O4S. The van der Waals surface area contributed by atoms with Gasteiger partial charge < -0.3 is 4.18 Å². The lowest BCUT2D eigenvalue weighted by atomic mass is 9.98. The molecule has 0 heterocycles. The van der Waals surface area contributed by atoms with Crippen molar-refractivity contribution in [2.24, 2.45) is 0 Å². The first kappa shape index (κ1) is 10.2. The zero-order valence-corrected chi connectivity index (χ0v) is 8.48. The molecule has 0 atom stereocenters. The number of carbonyl (C=O) groups is 1. The lowest BCUT2D eigenvalue weighted by molar-refractivity contribution is -0.116. The molecule has 0 radical (unpaired) electrons. The maximum Gasteiger partial charge on any atom is 0.305 e. The SMILES string of the molecule is CC1=C(OS(C)(=O)=O)CCCC1=O. The van der Waals surface area contributed by atoms with Crippen molar-refractivity contribution in [1.29, 1.82) is 0 Å². The Bertz CT molecular complexity index is 350. The van der Waals surface area contributed by atoms with E-state index in [1.807, 2.05) is 0 Å². The first-order chi connectivity index (χ1) is 5.90. The van der Waals surface area contributed by atoms with Crippen LogP contribution in [0.3, 0.4) is 0 Å². The van der Waals surface area contributed by atoms with Crippen LogP contribution in [0.1, 0.15) is 26.2 Å². The third kappa shape index (κ3) is 2.84. The molecule has 0 spiro atoms. The van der Waals surface area contributed by atoms with Gasteiger partial charge in [0.1, 0.15) is 5.76 Å². The molecule has 0 unspecified atom stereocenters. The molecule has 0 N–H and O–H groups in total. The van der Waals surface area contributed by atoms with E-state index in [-0.39, 0.29) is 5.78 Å². The number of Topliss-reactive ketones (excluding diaryl/α,β-unsaturated/α-hetero) is 1. The lowest BCUT2D eigenvalue weighted by Gasteiger charge is -2.15. The normalized spacial score (nSPS) is 19.1. The van der Waals surface area contributed by atoms with Crippen molar-refractivity contribution in [2.45, 2.75) is 26.2 Å². The van der Waals surface area contributed by atoms with Gasteiger partial charge in [-0.2, -0.15) is 8.42 Å². The quantitative estimate of drug-likeness (QED) is 0.629. The maximum absolute atomic E-state index is 11.2. The molecule has 0 saturated carbocycles. The third-order valence-electron chi connectivity index (χ3n) is 1.90. The Hall–Kier alpha value is -0.840. The van der Waals surface area contributed by atoms with Crippen LogP contribution in [0.5, 0.6) is 0 Å². The molecule has 1 rings (SSSR count). The van der Waals surface area contributed by atoms with E-state index in [9.17, 15) is 13.2 Å². The van der Waals surface area contributed by atoms with Crippen LogP contribution in [0, 0.1) is 0 Å². The number of hydrogen-bond donors (Lipinski definition) is 0. The molecule has 0 bridgehead atoms. The van der Waals surface area contributed by atoms with E-state index in [2.05, 4.69) is 0 Å². The molecule has 0 amide bonds. The van der Waals surface area contributed by atoms with Gasteiger partial charge in [-0.3, -0.25) is 4.79 Å². The number of hydrogen-bond acceptors (Lipinski definition) is 4. The first-order valence-electron chi connectivity index (χ1n) is 4.02. The number of rotatable bonds is 2. The summed E-state index contributed by atoms with van der Waals surface area (Å²) >= 11 is 0. The highest BCUT2D eigenvalue weighted by molar-refractivity contribution is 7.86. The van der Waals surface area contributed by atoms with Crippen molar-refractivity contribution < 1.29 is 17.4 Å². The van der Waals surface area contributed by atoms with E-state index in [0.29, 0.717) is 30.6 Å². The summed E-state index contributed by atoms with van der Waals surface area (Å²) < 4.78 is 26.3. The third-order valence-corrected chi connectivity index (χ3v) is 2.40. The van der Waals surface area contributed by atoms with E-state index >= 15 is 0 Å². The zero-order chi connectivity index (χ0) is 10.1. The predicted octanol–water partition coefficient (Wildman–Crippen LogP) is 0.990. The molecule has 5 heteroatoms. The molecule has 0 aromatic rings. The smallest absolute Gasteiger partial charge is 0.305 e. The molecule has 0 aromatic carbocycles. The van der Waals surface area contributed by atoms with Gasteiger partial charge in [0.2, 0.25) is 0 Å². The van der Waals surface area contributed by atoms with Gasteiger partial charge in [0.15, 0.2) is 5.78 Å². The van der Waals surface area contributed by atoms with Gasteiger partial charge in [-0.15, -0.1) is 0 Å². The van der Waals surface area contributed by atoms with Gasteiger partial charge in [0.05, 0.1) is 6.26 Å². The minimum absolute atomic E-state index is 0.0232. The van der Waals surface area contributed by atoms with Crippen LogP contribution in [0.25, 0.3) is 0 Å². The molecule has 0 fully saturated rings. The summed E-state index contributed by atoms with van der Waals surface area (Å²) in [5, 5.41) is 0. The monoisotopic (exact) mass is 204 g/mol. The van der Waals surface area contributed by atoms with Crippen LogP contribution < -0.4 is 0 Å². The van der Waals surface area contributed by atoms with E-state index in [0.717, 1.165) is 6.26 Å². The van der Waals surface area contributed by atoms with E-state index in [1.54, 1.807) is 6.92 Å². The molecule has 0 aliphatic heterocycles. The Balaban J connectivity index is 2.90. The zero-order valence-electron chi connectivity index (χ0n) is 7.66. The van der Waals surface area contributed by atoms with Gasteiger partial charge >= 0.3 is 10.1 Å². The summed E-state index contributed by atoms with van der Waals surface area (Å²) in [5.74, 6) is 0.281. The van der Waals surface area contributed by atoms with Crippen molar-refractivity contribution in [3.05, 3.63) is 11.3 Å². The fourth-order valence-electron chi connectivity index (χ4n) is 1.23. The summed E-state index contributed by atoms with van der Waals surface area (Å²) in [6.07, 6.45) is 2.67. The molecule has 13 heavy (non-hydrogen) atoms. The highest BCUT2D eigenvalue weighted by Crippen LogP contribution is 2.23. The maximum atomic E-state index is 11.2. The van der Waals surface area contributed by atoms with E-state index < -0.39 is 10.1 Å². The Morgan fingerprint density at radius 1 is 1.31 bits per heavy atom. The Labute approximate surface area is 77.7 Å². The van der Waals surface area contributed by atoms with Crippen LogP contribution in [-0.4, -0.2) is 20.5 Å². The van der Waals surface area contributed by atoms with Crippen molar-refractivity contribution >= 4 is 15.9 Å². The fourth-order valence-corrected chi connectivity index (χ4v) is 1.80. The van der Waals surface area contributed by atoms with Crippen LogP contribution in [0.2, 0.25) is 0 Å². The standard InChI is InChI=1S/C8H12O4S/c1-6-7(9)4-3-5-8(6)12-13(2,10)11/h3-5H2,1-2H3. The average molecular weight is 204 g/mol. The second kappa shape index (κ2) is 3.49.